The van der Waals surface area contributed by atoms with Crippen molar-refractivity contribution in [1.82, 2.24) is 24.3 Å². The molecule has 4 rings (SSSR count). The minimum atomic E-state index is 0.344. The molecule has 134 valence electrons. The largest absolute Gasteiger partial charge is 0.375 e. The van der Waals surface area contributed by atoms with Crippen LogP contribution in [0.4, 0.5) is 0 Å². The molecule has 2 aliphatic rings. The molecular weight excluding hydrogens is 314 g/mol. The van der Waals surface area contributed by atoms with Gasteiger partial charge >= 0.3 is 0 Å². The number of hydrogen-bond acceptors (Lipinski definition) is 5. The Morgan fingerprint density at radius 1 is 1.08 bits per heavy atom. The fraction of sp³-hybridized carbons (Fsp3) is 0.579. The van der Waals surface area contributed by atoms with Crippen molar-refractivity contribution in [3.05, 3.63) is 48.3 Å². The van der Waals surface area contributed by atoms with Crippen molar-refractivity contribution in [3.8, 4) is 0 Å². The van der Waals surface area contributed by atoms with E-state index in [0.717, 1.165) is 51.7 Å². The van der Waals surface area contributed by atoms with Crippen LogP contribution in [0, 0.1) is 5.92 Å². The van der Waals surface area contributed by atoms with E-state index in [2.05, 4.69) is 43.5 Å². The lowest BCUT2D eigenvalue weighted by atomic mass is 9.93. The molecule has 2 atom stereocenters. The highest BCUT2D eigenvalue weighted by Gasteiger charge is 2.33. The fourth-order valence-electron chi connectivity index (χ4n) is 3.97. The van der Waals surface area contributed by atoms with Crippen LogP contribution in [0.5, 0.6) is 0 Å². The van der Waals surface area contributed by atoms with Gasteiger partial charge in [0.05, 0.1) is 19.3 Å². The van der Waals surface area contributed by atoms with E-state index in [1.54, 1.807) is 0 Å². The van der Waals surface area contributed by atoms with Crippen LogP contribution in [0.15, 0.2) is 36.9 Å². The highest BCUT2D eigenvalue weighted by atomic mass is 16.5. The Balaban J connectivity index is 1.34. The molecule has 0 spiro atoms. The van der Waals surface area contributed by atoms with Gasteiger partial charge in [0.1, 0.15) is 5.82 Å². The smallest absolute Gasteiger partial charge is 0.122 e. The van der Waals surface area contributed by atoms with Crippen LogP contribution in [0.1, 0.15) is 17.8 Å². The van der Waals surface area contributed by atoms with Gasteiger partial charge in [-0.3, -0.25) is 14.8 Å². The summed E-state index contributed by atoms with van der Waals surface area (Å²) in [5.41, 5.74) is 1.33. The van der Waals surface area contributed by atoms with Gasteiger partial charge in [0, 0.05) is 63.9 Å². The van der Waals surface area contributed by atoms with E-state index in [1.807, 2.05) is 24.8 Å². The first kappa shape index (κ1) is 16.7. The van der Waals surface area contributed by atoms with Crippen LogP contribution in [0.2, 0.25) is 0 Å². The van der Waals surface area contributed by atoms with Crippen molar-refractivity contribution in [2.75, 3.05) is 32.8 Å². The molecule has 2 aromatic heterocycles. The van der Waals surface area contributed by atoms with Crippen molar-refractivity contribution in [3.63, 3.8) is 0 Å². The number of likely N-dealkylation sites (tertiary alicyclic amines) is 1. The first-order valence-electron chi connectivity index (χ1n) is 9.19. The van der Waals surface area contributed by atoms with E-state index in [0.29, 0.717) is 12.0 Å². The molecule has 4 heterocycles. The van der Waals surface area contributed by atoms with E-state index < -0.39 is 0 Å². The molecular formula is C19H27N5O. The number of fused-ring (bicyclic) bond motifs is 1. The topological polar surface area (TPSA) is 46.4 Å². The van der Waals surface area contributed by atoms with Crippen LogP contribution in [0.25, 0.3) is 0 Å². The molecule has 0 bridgehead atoms. The number of pyridine rings is 1. The number of nitrogens with zero attached hydrogens (tertiary/aromatic N) is 5. The third kappa shape index (κ3) is 4.08. The van der Waals surface area contributed by atoms with E-state index >= 15 is 0 Å². The summed E-state index contributed by atoms with van der Waals surface area (Å²) in [7, 11) is 2.06. The van der Waals surface area contributed by atoms with Crippen LogP contribution in [-0.2, 0) is 24.9 Å². The van der Waals surface area contributed by atoms with Crippen molar-refractivity contribution >= 4 is 0 Å². The van der Waals surface area contributed by atoms with Gasteiger partial charge in [0.25, 0.3) is 0 Å². The first-order chi connectivity index (χ1) is 12.3. The molecule has 0 N–H and O–H groups in total. The maximum atomic E-state index is 6.23. The van der Waals surface area contributed by atoms with Gasteiger partial charge in [-0.25, -0.2) is 4.98 Å². The summed E-state index contributed by atoms with van der Waals surface area (Å²) in [5.74, 6) is 1.76. The standard InChI is InChI=1S/C19H27N5O/c1-22-9-7-21-19(22)15-23-8-4-17-13-24(10-11-25-18(17)14-23)12-16-2-5-20-6-3-16/h2-3,5-7,9,17-18H,4,8,10-15H2,1H3/t17-,18-/m1/s1. The SMILES string of the molecule is Cn1ccnc1CN1CC[C@@H]2CN(Cc3ccncc3)CCO[C@@H]2C1. The molecule has 0 unspecified atom stereocenters. The molecule has 6 heteroatoms. The maximum absolute atomic E-state index is 6.23. The van der Waals surface area contributed by atoms with E-state index in [4.69, 9.17) is 4.74 Å². The van der Waals surface area contributed by atoms with Gasteiger partial charge in [-0.05, 0) is 30.7 Å². The summed E-state index contributed by atoms with van der Waals surface area (Å²) in [4.78, 5) is 13.6. The van der Waals surface area contributed by atoms with E-state index in [-0.39, 0.29) is 0 Å². The zero-order chi connectivity index (χ0) is 17.1. The number of aromatic nitrogens is 3. The maximum Gasteiger partial charge on any atom is 0.122 e. The lowest BCUT2D eigenvalue weighted by Gasteiger charge is -2.37. The molecule has 0 saturated carbocycles. The minimum Gasteiger partial charge on any atom is -0.375 e. The molecule has 2 aliphatic heterocycles. The predicted molar refractivity (Wildman–Crippen MR) is 95.8 cm³/mol. The van der Waals surface area contributed by atoms with Crippen molar-refractivity contribution < 1.29 is 4.74 Å². The van der Waals surface area contributed by atoms with Crippen LogP contribution in [0.3, 0.4) is 0 Å². The summed E-state index contributed by atoms with van der Waals surface area (Å²) >= 11 is 0. The zero-order valence-electron chi connectivity index (χ0n) is 14.9. The first-order valence-corrected chi connectivity index (χ1v) is 9.19. The second kappa shape index (κ2) is 7.64. The number of piperidine rings is 1. The third-order valence-corrected chi connectivity index (χ3v) is 5.45. The number of rotatable bonds is 4. The summed E-state index contributed by atoms with van der Waals surface area (Å²) < 4.78 is 8.34. The Bertz CT molecular complexity index is 673. The molecule has 25 heavy (non-hydrogen) atoms. The van der Waals surface area contributed by atoms with Gasteiger partial charge in [-0.15, -0.1) is 0 Å². The Morgan fingerprint density at radius 2 is 1.92 bits per heavy atom. The second-order valence-electron chi connectivity index (χ2n) is 7.24. The van der Waals surface area contributed by atoms with Gasteiger partial charge in [0.15, 0.2) is 0 Å². The number of ether oxygens (including phenoxy) is 1. The van der Waals surface area contributed by atoms with Crippen molar-refractivity contribution in [1.29, 1.82) is 0 Å². The molecule has 2 fully saturated rings. The van der Waals surface area contributed by atoms with Gasteiger partial charge in [-0.1, -0.05) is 0 Å². The number of hydrogen-bond donors (Lipinski definition) is 0. The van der Waals surface area contributed by atoms with Gasteiger partial charge < -0.3 is 9.30 Å². The molecule has 6 nitrogen and oxygen atoms in total. The third-order valence-electron chi connectivity index (χ3n) is 5.45. The van der Waals surface area contributed by atoms with Crippen LogP contribution < -0.4 is 0 Å². The lowest BCUT2D eigenvalue weighted by Crippen LogP contribution is -2.46. The molecule has 2 saturated heterocycles. The highest BCUT2D eigenvalue weighted by molar-refractivity contribution is 5.09. The molecule has 2 aromatic rings. The Morgan fingerprint density at radius 3 is 2.72 bits per heavy atom. The van der Waals surface area contributed by atoms with E-state index in [9.17, 15) is 0 Å². The van der Waals surface area contributed by atoms with E-state index in [1.165, 1.54) is 12.0 Å². The molecule has 0 amide bonds. The summed E-state index contributed by atoms with van der Waals surface area (Å²) in [5, 5.41) is 0. The summed E-state index contributed by atoms with van der Waals surface area (Å²) in [6.07, 6.45) is 9.19. The predicted octanol–water partition coefficient (Wildman–Crippen LogP) is 1.54. The molecule has 0 aromatic carbocycles. The average Bonchev–Trinajstić information content (AvgIpc) is 2.91. The number of imidazole rings is 1. The van der Waals surface area contributed by atoms with Crippen molar-refractivity contribution in [2.45, 2.75) is 25.6 Å². The summed E-state index contributed by atoms with van der Waals surface area (Å²) in [6, 6.07) is 4.22. The van der Waals surface area contributed by atoms with Crippen molar-refractivity contribution in [2.24, 2.45) is 13.0 Å². The van der Waals surface area contributed by atoms with Gasteiger partial charge in [-0.2, -0.15) is 0 Å². The molecule has 0 aliphatic carbocycles. The lowest BCUT2D eigenvalue weighted by molar-refractivity contribution is -0.0249. The van der Waals surface area contributed by atoms with Crippen LogP contribution >= 0.6 is 0 Å². The monoisotopic (exact) mass is 341 g/mol. The fourth-order valence-corrected chi connectivity index (χ4v) is 3.97. The Hall–Kier alpha value is -1.76. The normalized spacial score (nSPS) is 25.5. The zero-order valence-corrected chi connectivity index (χ0v) is 14.9. The summed E-state index contributed by atoms with van der Waals surface area (Å²) in [6.45, 7) is 7.00. The average molecular weight is 341 g/mol. The Labute approximate surface area is 149 Å². The molecule has 0 radical (unpaired) electrons. The Kier molecular flexibility index (Phi) is 5.10. The second-order valence-corrected chi connectivity index (χ2v) is 7.24. The quantitative estimate of drug-likeness (QED) is 0.844. The van der Waals surface area contributed by atoms with Gasteiger partial charge in [0.2, 0.25) is 0 Å². The van der Waals surface area contributed by atoms with Crippen LogP contribution in [-0.4, -0.2) is 63.2 Å². The highest BCUT2D eigenvalue weighted by Crippen LogP contribution is 2.25. The number of aryl methyl sites for hydroxylation is 1. The minimum absolute atomic E-state index is 0.344.